The summed E-state index contributed by atoms with van der Waals surface area (Å²) in [6, 6.07) is 12.9. The maximum atomic E-state index is 14.2. The summed E-state index contributed by atoms with van der Waals surface area (Å²) in [7, 11) is 1.70. The molecule has 1 aromatic heterocycles. The zero-order valence-electron chi connectivity index (χ0n) is 22.6. The van der Waals surface area contributed by atoms with Gasteiger partial charge in [-0.3, -0.25) is 14.2 Å². The number of anilines is 1. The number of halogens is 1. The van der Waals surface area contributed by atoms with Crippen LogP contribution in [0.15, 0.2) is 68.0 Å². The molecule has 9 heteroatoms. The molecule has 5 rings (SSSR count). The first-order valence-electron chi connectivity index (χ1n) is 13.1. The monoisotopic (exact) mass is 607 g/mol. The van der Waals surface area contributed by atoms with E-state index in [0.29, 0.717) is 44.1 Å². The highest BCUT2D eigenvalue weighted by molar-refractivity contribution is 9.10. The summed E-state index contributed by atoms with van der Waals surface area (Å²) in [5, 5.41) is 0. The summed E-state index contributed by atoms with van der Waals surface area (Å²) >= 11 is 4.70. The minimum atomic E-state index is -0.714. The first-order valence-corrected chi connectivity index (χ1v) is 14.7. The lowest BCUT2D eigenvalue weighted by Crippen LogP contribution is -2.41. The molecular weight excluding hydrogens is 578 g/mol. The number of benzene rings is 2. The van der Waals surface area contributed by atoms with Gasteiger partial charge in [-0.25, -0.2) is 9.79 Å². The molecule has 1 atom stereocenters. The number of fused-ring (bicyclic) bond motifs is 2. The van der Waals surface area contributed by atoms with Gasteiger partial charge in [-0.1, -0.05) is 78.7 Å². The van der Waals surface area contributed by atoms with E-state index < -0.39 is 12.0 Å². The Hall–Kier alpha value is -3.30. The van der Waals surface area contributed by atoms with E-state index in [9.17, 15) is 14.4 Å². The predicted molar refractivity (Wildman–Crippen MR) is 157 cm³/mol. The maximum absolute atomic E-state index is 14.2. The lowest BCUT2D eigenvalue weighted by Gasteiger charge is -2.26. The van der Waals surface area contributed by atoms with E-state index in [2.05, 4.69) is 29.8 Å². The van der Waals surface area contributed by atoms with E-state index in [4.69, 9.17) is 9.73 Å². The van der Waals surface area contributed by atoms with Gasteiger partial charge < -0.3 is 9.64 Å². The van der Waals surface area contributed by atoms with Crippen LogP contribution in [0.25, 0.3) is 5.57 Å². The largest absolute Gasteiger partial charge is 0.463 e. The van der Waals surface area contributed by atoms with Crippen molar-refractivity contribution in [2.75, 3.05) is 18.6 Å². The quantitative estimate of drug-likeness (QED) is 0.377. The molecule has 0 spiro atoms. The lowest BCUT2D eigenvalue weighted by atomic mass is 9.92. The Balaban J connectivity index is 1.84. The van der Waals surface area contributed by atoms with Crippen LogP contribution in [0.3, 0.4) is 0 Å². The van der Waals surface area contributed by atoms with Crippen LogP contribution in [-0.4, -0.2) is 30.1 Å². The molecule has 0 N–H and O–H groups in total. The molecule has 202 valence electrons. The first-order chi connectivity index (χ1) is 18.7. The van der Waals surface area contributed by atoms with E-state index >= 15 is 0 Å². The van der Waals surface area contributed by atoms with Crippen molar-refractivity contribution >= 4 is 50.4 Å². The summed E-state index contributed by atoms with van der Waals surface area (Å²) in [5.41, 5.74) is 4.38. The number of likely N-dealkylation sites (N-methyl/N-ethyl adjacent to an activating group) is 1. The van der Waals surface area contributed by atoms with Gasteiger partial charge in [0.25, 0.3) is 11.5 Å². The number of carbonyl (C=O) groups excluding carboxylic acids is 2. The fourth-order valence-electron chi connectivity index (χ4n) is 5.16. The maximum Gasteiger partial charge on any atom is 0.338 e. The van der Waals surface area contributed by atoms with Gasteiger partial charge in [-0.2, -0.15) is 0 Å². The van der Waals surface area contributed by atoms with Gasteiger partial charge in [0.05, 0.1) is 35.2 Å². The Bertz CT molecular complexity index is 1700. The van der Waals surface area contributed by atoms with Crippen LogP contribution in [0.1, 0.15) is 69.2 Å². The molecule has 2 aromatic carbocycles. The van der Waals surface area contributed by atoms with E-state index in [1.807, 2.05) is 49.4 Å². The van der Waals surface area contributed by atoms with Gasteiger partial charge in [0, 0.05) is 17.1 Å². The molecule has 0 unspecified atom stereocenters. The minimum absolute atomic E-state index is 0.210. The lowest BCUT2D eigenvalue weighted by molar-refractivity contribution is -0.139. The highest BCUT2D eigenvalue weighted by atomic mass is 79.9. The van der Waals surface area contributed by atoms with Crippen LogP contribution in [0.5, 0.6) is 0 Å². The molecule has 0 saturated heterocycles. The average molecular weight is 609 g/mol. The molecule has 2 aliphatic rings. The number of hydrogen-bond acceptors (Lipinski definition) is 6. The van der Waals surface area contributed by atoms with Crippen LogP contribution in [-0.2, 0) is 14.3 Å². The van der Waals surface area contributed by atoms with Crippen molar-refractivity contribution < 1.29 is 14.3 Å². The van der Waals surface area contributed by atoms with E-state index in [1.54, 1.807) is 23.4 Å². The van der Waals surface area contributed by atoms with Crippen molar-refractivity contribution in [3.05, 3.63) is 94.6 Å². The molecule has 0 radical (unpaired) electrons. The SMILES string of the molecule is CCCC1=C(C(=O)OCC)[C@@H](c2ccc(C(C)C)cc2)n2c(s/c(=C3\C(=O)N(C)c4ccc(Br)cc43)c2=O)=N1. The van der Waals surface area contributed by atoms with Crippen molar-refractivity contribution in [1.82, 2.24) is 4.57 Å². The standard InChI is InChI=1S/C30H30BrN3O4S/c1-6-8-21-24(29(37)38-7-2)25(18-11-9-17(10-12-18)16(3)4)34-28(36)26(39-30(34)32-21)23-20-15-19(31)13-14-22(20)33(5)27(23)35/h9-16,25H,6-8H2,1-5H3/b26-23-/t25-/m1/s1. The molecular formula is C30H30BrN3O4S. The number of aromatic nitrogens is 1. The van der Waals surface area contributed by atoms with Crippen molar-refractivity contribution in [3.63, 3.8) is 0 Å². The second-order valence-electron chi connectivity index (χ2n) is 9.96. The molecule has 0 aliphatic carbocycles. The number of ether oxygens (including phenoxy) is 1. The third-order valence-corrected chi connectivity index (χ3v) is 8.67. The number of thiazole rings is 1. The Morgan fingerprint density at radius 1 is 1.13 bits per heavy atom. The molecule has 7 nitrogen and oxygen atoms in total. The molecule has 2 aliphatic heterocycles. The topological polar surface area (TPSA) is 81.0 Å². The molecule has 0 saturated carbocycles. The summed E-state index contributed by atoms with van der Waals surface area (Å²) in [6.07, 6.45) is 1.33. The summed E-state index contributed by atoms with van der Waals surface area (Å²) in [4.78, 5) is 47.9. The van der Waals surface area contributed by atoms with Crippen molar-refractivity contribution in [3.8, 4) is 0 Å². The van der Waals surface area contributed by atoms with Crippen molar-refractivity contribution in [1.29, 1.82) is 0 Å². The summed E-state index contributed by atoms with van der Waals surface area (Å²) in [6.45, 7) is 8.24. The van der Waals surface area contributed by atoms with Crippen LogP contribution < -0.4 is 19.8 Å². The Morgan fingerprint density at radius 2 is 1.85 bits per heavy atom. The molecule has 3 heterocycles. The molecule has 1 amide bonds. The van der Waals surface area contributed by atoms with Crippen LogP contribution >= 0.6 is 27.3 Å². The zero-order valence-corrected chi connectivity index (χ0v) is 25.0. The van der Waals surface area contributed by atoms with Gasteiger partial charge >= 0.3 is 5.97 Å². The van der Waals surface area contributed by atoms with Crippen LogP contribution in [0.4, 0.5) is 5.69 Å². The summed E-state index contributed by atoms with van der Waals surface area (Å²) < 4.78 is 8.17. The second-order valence-corrected chi connectivity index (χ2v) is 11.8. The number of amides is 1. The van der Waals surface area contributed by atoms with E-state index in [1.165, 1.54) is 11.3 Å². The third kappa shape index (κ3) is 4.61. The fourth-order valence-corrected chi connectivity index (χ4v) is 6.63. The number of allylic oxidation sites excluding steroid dienone is 1. The number of esters is 1. The van der Waals surface area contributed by atoms with Crippen LogP contribution in [0, 0.1) is 0 Å². The van der Waals surface area contributed by atoms with Gasteiger partial charge in [0.2, 0.25) is 0 Å². The second kappa shape index (κ2) is 10.7. The molecule has 3 aromatic rings. The van der Waals surface area contributed by atoms with Gasteiger partial charge in [-0.15, -0.1) is 0 Å². The Morgan fingerprint density at radius 3 is 2.49 bits per heavy atom. The van der Waals surface area contributed by atoms with Gasteiger partial charge in [0.15, 0.2) is 4.80 Å². The minimum Gasteiger partial charge on any atom is -0.463 e. The number of nitrogens with zero attached hydrogens (tertiary/aromatic N) is 3. The zero-order chi connectivity index (χ0) is 28.0. The third-order valence-electron chi connectivity index (χ3n) is 7.12. The number of hydrogen-bond donors (Lipinski definition) is 0. The smallest absolute Gasteiger partial charge is 0.338 e. The Labute approximate surface area is 239 Å². The van der Waals surface area contributed by atoms with Gasteiger partial charge in [0.1, 0.15) is 4.53 Å². The van der Waals surface area contributed by atoms with E-state index in [-0.39, 0.29) is 18.1 Å². The van der Waals surface area contributed by atoms with Crippen molar-refractivity contribution in [2.45, 2.75) is 52.5 Å². The normalized spacial score (nSPS) is 17.9. The fraction of sp³-hybridized carbons (Fsp3) is 0.333. The highest BCUT2D eigenvalue weighted by Gasteiger charge is 2.37. The number of carbonyl (C=O) groups is 2. The van der Waals surface area contributed by atoms with Crippen molar-refractivity contribution in [2.24, 2.45) is 4.99 Å². The molecule has 39 heavy (non-hydrogen) atoms. The molecule has 0 bridgehead atoms. The van der Waals surface area contributed by atoms with Gasteiger partial charge in [-0.05, 0) is 48.6 Å². The van der Waals surface area contributed by atoms with Crippen LogP contribution in [0.2, 0.25) is 0 Å². The highest BCUT2D eigenvalue weighted by Crippen LogP contribution is 2.37. The first kappa shape index (κ1) is 27.3. The predicted octanol–water partition coefficient (Wildman–Crippen LogP) is 4.81. The number of rotatable bonds is 6. The average Bonchev–Trinajstić information content (AvgIpc) is 3.35. The van der Waals surface area contributed by atoms with E-state index in [0.717, 1.165) is 27.7 Å². The molecule has 0 fully saturated rings. The Kier molecular flexibility index (Phi) is 7.48. The summed E-state index contributed by atoms with van der Waals surface area (Å²) in [5.74, 6) is -0.389.